The van der Waals surface area contributed by atoms with Crippen molar-refractivity contribution in [3.63, 3.8) is 0 Å². The van der Waals surface area contributed by atoms with E-state index in [-0.39, 0.29) is 5.78 Å². The summed E-state index contributed by atoms with van der Waals surface area (Å²) in [5.41, 5.74) is 2.76. The second-order valence-electron chi connectivity index (χ2n) is 3.89. The van der Waals surface area contributed by atoms with Crippen LogP contribution in [0.25, 0.3) is 0 Å². The molecule has 2 nitrogen and oxygen atoms in total. The number of benzene rings is 1. The van der Waals surface area contributed by atoms with Crippen LogP contribution in [0, 0.1) is 13.8 Å². The van der Waals surface area contributed by atoms with E-state index in [0.29, 0.717) is 6.42 Å². The lowest BCUT2D eigenvalue weighted by atomic mass is 9.98. The lowest BCUT2D eigenvalue weighted by Gasteiger charge is -2.10. The number of ketones is 1. The van der Waals surface area contributed by atoms with Gasteiger partial charge in [0.15, 0.2) is 5.78 Å². The van der Waals surface area contributed by atoms with Crippen molar-refractivity contribution in [3.8, 4) is 5.75 Å². The highest BCUT2D eigenvalue weighted by Crippen LogP contribution is 2.23. The van der Waals surface area contributed by atoms with Gasteiger partial charge < -0.3 is 4.74 Å². The van der Waals surface area contributed by atoms with E-state index >= 15 is 0 Å². The Morgan fingerprint density at radius 2 is 2.06 bits per heavy atom. The molecule has 0 heterocycles. The highest BCUT2D eigenvalue weighted by Gasteiger charge is 2.11. The minimum atomic E-state index is 0.170. The quantitative estimate of drug-likeness (QED) is 0.559. The van der Waals surface area contributed by atoms with Gasteiger partial charge in [0.2, 0.25) is 0 Å². The summed E-state index contributed by atoms with van der Waals surface area (Å²) in [5, 5.41) is 0. The summed E-state index contributed by atoms with van der Waals surface area (Å²) < 4.78 is 5.21. The first-order valence-electron chi connectivity index (χ1n) is 5.39. The smallest absolute Gasteiger partial charge is 0.163 e. The minimum Gasteiger partial charge on any atom is -0.496 e. The first-order valence-corrected chi connectivity index (χ1v) is 5.39. The summed E-state index contributed by atoms with van der Waals surface area (Å²) in [6.45, 7) is 7.50. The third kappa shape index (κ3) is 2.72. The summed E-state index contributed by atoms with van der Waals surface area (Å²) in [7, 11) is 1.64. The second-order valence-corrected chi connectivity index (χ2v) is 3.89. The molecule has 0 N–H and O–H groups in total. The van der Waals surface area contributed by atoms with Gasteiger partial charge in [0.05, 0.1) is 7.11 Å². The van der Waals surface area contributed by atoms with E-state index in [1.807, 2.05) is 26.0 Å². The van der Waals surface area contributed by atoms with Gasteiger partial charge in [-0.2, -0.15) is 0 Å². The zero-order valence-electron chi connectivity index (χ0n) is 10.2. The number of allylic oxidation sites excluding steroid dienone is 1. The number of aryl methyl sites for hydroxylation is 2. The largest absolute Gasteiger partial charge is 0.496 e. The number of Topliss-reactive ketones (excluding diaryl/α,β-unsaturated/α-hetero) is 1. The van der Waals surface area contributed by atoms with Crippen LogP contribution in [0.2, 0.25) is 0 Å². The normalized spacial score (nSPS) is 9.94. The van der Waals surface area contributed by atoms with Crippen molar-refractivity contribution in [3.05, 3.63) is 41.5 Å². The number of methoxy groups -OCH3 is 1. The monoisotopic (exact) mass is 218 g/mol. The molecule has 1 aromatic rings. The van der Waals surface area contributed by atoms with Crippen molar-refractivity contribution < 1.29 is 9.53 Å². The molecule has 0 aliphatic carbocycles. The van der Waals surface area contributed by atoms with Gasteiger partial charge in [0.25, 0.3) is 0 Å². The van der Waals surface area contributed by atoms with Crippen molar-refractivity contribution in [1.82, 2.24) is 0 Å². The molecule has 0 aromatic heterocycles. The Morgan fingerprint density at radius 1 is 1.38 bits per heavy atom. The van der Waals surface area contributed by atoms with Gasteiger partial charge in [-0.05, 0) is 43.5 Å². The molecule has 2 heteroatoms. The van der Waals surface area contributed by atoms with Crippen LogP contribution >= 0.6 is 0 Å². The zero-order valence-corrected chi connectivity index (χ0v) is 10.2. The molecule has 0 aliphatic rings. The maximum absolute atomic E-state index is 11.9. The molecule has 1 rings (SSSR count). The van der Waals surface area contributed by atoms with Crippen LogP contribution in [-0.4, -0.2) is 12.9 Å². The summed E-state index contributed by atoms with van der Waals surface area (Å²) in [6, 6.07) is 3.82. The fourth-order valence-electron chi connectivity index (χ4n) is 1.68. The third-order valence-corrected chi connectivity index (χ3v) is 2.62. The molecule has 0 atom stereocenters. The lowest BCUT2D eigenvalue weighted by molar-refractivity contribution is 0.0983. The van der Waals surface area contributed by atoms with Gasteiger partial charge in [0, 0.05) is 12.0 Å². The van der Waals surface area contributed by atoms with E-state index in [0.717, 1.165) is 28.9 Å². The summed E-state index contributed by atoms with van der Waals surface area (Å²) in [5.74, 6) is 1.00. The van der Waals surface area contributed by atoms with Crippen LogP contribution in [0.3, 0.4) is 0 Å². The van der Waals surface area contributed by atoms with Crippen molar-refractivity contribution >= 4 is 5.78 Å². The average Bonchev–Trinajstić information content (AvgIpc) is 2.28. The average molecular weight is 218 g/mol. The van der Waals surface area contributed by atoms with Crippen LogP contribution in [0.4, 0.5) is 0 Å². The third-order valence-electron chi connectivity index (χ3n) is 2.62. The summed E-state index contributed by atoms with van der Waals surface area (Å²) in [6.07, 6.45) is 3.02. The Kier molecular flexibility index (Phi) is 4.29. The molecule has 0 unspecified atom stereocenters. The van der Waals surface area contributed by atoms with Crippen LogP contribution in [0.15, 0.2) is 24.8 Å². The van der Waals surface area contributed by atoms with Crippen molar-refractivity contribution in [2.45, 2.75) is 26.7 Å². The number of carbonyl (C=O) groups is 1. The maximum Gasteiger partial charge on any atom is 0.163 e. The molecule has 0 amide bonds. The first kappa shape index (κ1) is 12.5. The van der Waals surface area contributed by atoms with Gasteiger partial charge in [-0.3, -0.25) is 4.79 Å². The number of ether oxygens (including phenoxy) is 1. The summed E-state index contributed by atoms with van der Waals surface area (Å²) in [4.78, 5) is 11.9. The van der Waals surface area contributed by atoms with Crippen LogP contribution in [0.1, 0.15) is 34.3 Å². The van der Waals surface area contributed by atoms with E-state index in [1.54, 1.807) is 13.2 Å². The van der Waals surface area contributed by atoms with Crippen molar-refractivity contribution in [2.75, 3.05) is 7.11 Å². The summed E-state index contributed by atoms with van der Waals surface area (Å²) >= 11 is 0. The lowest BCUT2D eigenvalue weighted by Crippen LogP contribution is -2.03. The molecule has 0 spiro atoms. The molecule has 0 fully saturated rings. The predicted molar refractivity (Wildman–Crippen MR) is 66.2 cm³/mol. The number of hydrogen-bond acceptors (Lipinski definition) is 2. The Bertz CT molecular complexity index is 405. The van der Waals surface area contributed by atoms with Crippen LogP contribution < -0.4 is 4.74 Å². The topological polar surface area (TPSA) is 26.3 Å². The highest BCUT2D eigenvalue weighted by molar-refractivity contribution is 5.97. The maximum atomic E-state index is 11.9. The van der Waals surface area contributed by atoms with Gasteiger partial charge >= 0.3 is 0 Å². The molecule has 1 aromatic carbocycles. The van der Waals surface area contributed by atoms with E-state index < -0.39 is 0 Å². The molecular formula is C14H18O2. The fourth-order valence-corrected chi connectivity index (χ4v) is 1.68. The van der Waals surface area contributed by atoms with E-state index in [2.05, 4.69) is 6.58 Å². The van der Waals surface area contributed by atoms with E-state index in [9.17, 15) is 4.79 Å². The SMILES string of the molecule is C=CCCC(=O)c1cc(C)c(OC)cc1C. The molecule has 0 aliphatic heterocycles. The number of rotatable bonds is 5. The molecule has 0 radical (unpaired) electrons. The second kappa shape index (κ2) is 5.50. The van der Waals surface area contributed by atoms with Gasteiger partial charge in [-0.15, -0.1) is 6.58 Å². The minimum absolute atomic E-state index is 0.170. The predicted octanol–water partition coefficient (Wildman–Crippen LogP) is 3.46. The molecular weight excluding hydrogens is 200 g/mol. The number of hydrogen-bond donors (Lipinski definition) is 0. The van der Waals surface area contributed by atoms with Crippen molar-refractivity contribution in [2.24, 2.45) is 0 Å². The molecule has 86 valence electrons. The first-order chi connectivity index (χ1) is 7.60. The van der Waals surface area contributed by atoms with Gasteiger partial charge in [-0.25, -0.2) is 0 Å². The standard InChI is InChI=1S/C14H18O2/c1-5-6-7-13(15)12-8-11(3)14(16-4)9-10(12)2/h5,8-9H,1,6-7H2,2-4H3. The molecule has 0 bridgehead atoms. The van der Waals surface area contributed by atoms with E-state index in [1.165, 1.54) is 0 Å². The molecule has 0 saturated heterocycles. The van der Waals surface area contributed by atoms with Crippen molar-refractivity contribution in [1.29, 1.82) is 0 Å². The van der Waals surface area contributed by atoms with Gasteiger partial charge in [0.1, 0.15) is 5.75 Å². The Morgan fingerprint density at radius 3 is 2.62 bits per heavy atom. The fraction of sp³-hybridized carbons (Fsp3) is 0.357. The highest BCUT2D eigenvalue weighted by atomic mass is 16.5. The molecule has 0 saturated carbocycles. The van der Waals surface area contributed by atoms with Crippen LogP contribution in [-0.2, 0) is 0 Å². The Hall–Kier alpha value is -1.57. The zero-order chi connectivity index (χ0) is 12.1. The van der Waals surface area contributed by atoms with E-state index in [4.69, 9.17) is 4.74 Å². The Labute approximate surface area is 96.9 Å². The Balaban J connectivity index is 3.01. The van der Waals surface area contributed by atoms with Crippen LogP contribution in [0.5, 0.6) is 5.75 Å². The van der Waals surface area contributed by atoms with Gasteiger partial charge in [-0.1, -0.05) is 6.08 Å². The molecule has 16 heavy (non-hydrogen) atoms. The number of carbonyl (C=O) groups excluding carboxylic acids is 1.